The molecule has 7 heteroatoms. The van der Waals surface area contributed by atoms with E-state index < -0.39 is 15.8 Å². The first-order chi connectivity index (χ1) is 9.90. The molecule has 3 N–H and O–H groups in total. The van der Waals surface area contributed by atoms with Crippen molar-refractivity contribution in [1.82, 2.24) is 0 Å². The van der Waals surface area contributed by atoms with Crippen LogP contribution in [0.25, 0.3) is 0 Å². The first kappa shape index (κ1) is 15.3. The number of benzene rings is 2. The molecule has 0 heterocycles. The fourth-order valence-corrected chi connectivity index (χ4v) is 2.96. The van der Waals surface area contributed by atoms with Gasteiger partial charge < -0.3 is 10.5 Å². The van der Waals surface area contributed by atoms with Crippen molar-refractivity contribution >= 4 is 21.4 Å². The monoisotopic (exact) mass is 310 g/mol. The summed E-state index contributed by atoms with van der Waals surface area (Å²) in [5.41, 5.74) is 6.69. The Labute approximate surface area is 122 Å². The number of nitrogen functional groups attached to an aromatic ring is 1. The van der Waals surface area contributed by atoms with E-state index in [4.69, 9.17) is 10.5 Å². The van der Waals surface area contributed by atoms with Gasteiger partial charge in [-0.2, -0.15) is 0 Å². The van der Waals surface area contributed by atoms with Gasteiger partial charge >= 0.3 is 0 Å². The van der Waals surface area contributed by atoms with E-state index in [9.17, 15) is 12.8 Å². The quantitative estimate of drug-likeness (QED) is 0.831. The Kier molecular flexibility index (Phi) is 4.44. The largest absolute Gasteiger partial charge is 0.399 e. The number of anilines is 2. The summed E-state index contributed by atoms with van der Waals surface area (Å²) in [4.78, 5) is -0.225. The molecule has 0 amide bonds. The SMILES string of the molecule is COCc1cccc(NS(=O)(=O)c2cc(N)cc(F)c2)c1. The molecule has 0 fully saturated rings. The van der Waals surface area contributed by atoms with Crippen LogP contribution in [0, 0.1) is 5.82 Å². The summed E-state index contributed by atoms with van der Waals surface area (Å²) in [5, 5.41) is 0. The molecule has 2 rings (SSSR count). The number of halogens is 1. The van der Waals surface area contributed by atoms with Crippen LogP contribution in [0.5, 0.6) is 0 Å². The molecule has 0 spiro atoms. The number of ether oxygens (including phenoxy) is 1. The highest BCUT2D eigenvalue weighted by Gasteiger charge is 2.16. The second-order valence-electron chi connectivity index (χ2n) is 4.46. The van der Waals surface area contributed by atoms with E-state index in [2.05, 4.69) is 4.72 Å². The van der Waals surface area contributed by atoms with Gasteiger partial charge in [0, 0.05) is 18.5 Å². The normalized spacial score (nSPS) is 11.3. The zero-order chi connectivity index (χ0) is 15.5. The van der Waals surface area contributed by atoms with Gasteiger partial charge in [0.2, 0.25) is 0 Å². The van der Waals surface area contributed by atoms with Crippen LogP contribution >= 0.6 is 0 Å². The summed E-state index contributed by atoms with van der Waals surface area (Å²) in [6.07, 6.45) is 0. The van der Waals surface area contributed by atoms with Crippen LogP contribution in [-0.2, 0) is 21.4 Å². The van der Waals surface area contributed by atoms with Crippen LogP contribution in [-0.4, -0.2) is 15.5 Å². The van der Waals surface area contributed by atoms with Gasteiger partial charge in [-0.25, -0.2) is 12.8 Å². The third kappa shape index (κ3) is 3.93. The average molecular weight is 310 g/mol. The Morgan fingerprint density at radius 2 is 2.00 bits per heavy atom. The Hall–Kier alpha value is -2.12. The second kappa shape index (κ2) is 6.11. The third-order valence-electron chi connectivity index (χ3n) is 2.69. The van der Waals surface area contributed by atoms with E-state index >= 15 is 0 Å². The smallest absolute Gasteiger partial charge is 0.262 e. The van der Waals surface area contributed by atoms with Gasteiger partial charge in [-0.15, -0.1) is 0 Å². The molecule has 21 heavy (non-hydrogen) atoms. The van der Waals surface area contributed by atoms with Gasteiger partial charge in [0.15, 0.2) is 0 Å². The number of nitrogens with two attached hydrogens (primary N) is 1. The number of methoxy groups -OCH3 is 1. The number of nitrogens with one attached hydrogen (secondary N) is 1. The van der Waals surface area contributed by atoms with E-state index in [0.29, 0.717) is 12.3 Å². The van der Waals surface area contributed by atoms with Crippen LogP contribution < -0.4 is 10.5 Å². The molecular formula is C14H15FN2O3S. The summed E-state index contributed by atoms with van der Waals surface area (Å²) in [6.45, 7) is 0.364. The highest BCUT2D eigenvalue weighted by Crippen LogP contribution is 2.20. The molecule has 0 bridgehead atoms. The fourth-order valence-electron chi connectivity index (χ4n) is 1.84. The lowest BCUT2D eigenvalue weighted by molar-refractivity contribution is 0.185. The Morgan fingerprint density at radius 1 is 1.24 bits per heavy atom. The molecule has 5 nitrogen and oxygen atoms in total. The van der Waals surface area contributed by atoms with Gasteiger partial charge in [0.25, 0.3) is 10.0 Å². The molecule has 0 aromatic heterocycles. The standard InChI is InChI=1S/C14H15FN2O3S/c1-20-9-10-3-2-4-13(5-10)17-21(18,19)14-7-11(15)6-12(16)8-14/h2-8,17H,9,16H2,1H3. The summed E-state index contributed by atoms with van der Waals surface area (Å²) < 4.78 is 45.1. The summed E-state index contributed by atoms with van der Waals surface area (Å²) in [5.74, 6) is -0.705. The van der Waals surface area contributed by atoms with Crippen LogP contribution in [0.4, 0.5) is 15.8 Å². The topological polar surface area (TPSA) is 81.4 Å². The predicted octanol–water partition coefficient (Wildman–Crippen LogP) is 2.36. The van der Waals surface area contributed by atoms with Crippen molar-refractivity contribution in [2.75, 3.05) is 17.6 Å². The van der Waals surface area contributed by atoms with Gasteiger partial charge in [-0.3, -0.25) is 4.72 Å². The molecule has 0 aliphatic heterocycles. The first-order valence-corrected chi connectivity index (χ1v) is 7.56. The van der Waals surface area contributed by atoms with Crippen molar-refractivity contribution in [3.63, 3.8) is 0 Å². The molecule has 0 atom stereocenters. The van der Waals surface area contributed by atoms with Crippen molar-refractivity contribution in [3.05, 3.63) is 53.8 Å². The highest BCUT2D eigenvalue weighted by molar-refractivity contribution is 7.92. The predicted molar refractivity (Wildman–Crippen MR) is 78.8 cm³/mol. The number of rotatable bonds is 5. The van der Waals surface area contributed by atoms with Gasteiger partial charge in [-0.1, -0.05) is 12.1 Å². The van der Waals surface area contributed by atoms with Gasteiger partial charge in [0.05, 0.1) is 11.5 Å². The van der Waals surface area contributed by atoms with E-state index in [0.717, 1.165) is 17.7 Å². The van der Waals surface area contributed by atoms with E-state index in [1.807, 2.05) is 6.07 Å². The Balaban J connectivity index is 2.30. The van der Waals surface area contributed by atoms with Crippen molar-refractivity contribution in [3.8, 4) is 0 Å². The average Bonchev–Trinajstić information content (AvgIpc) is 2.38. The lowest BCUT2D eigenvalue weighted by Gasteiger charge is -2.10. The Bertz CT molecular complexity index is 727. The molecule has 0 saturated heterocycles. The minimum Gasteiger partial charge on any atom is -0.399 e. The highest BCUT2D eigenvalue weighted by atomic mass is 32.2. The minimum absolute atomic E-state index is 0.0449. The zero-order valence-corrected chi connectivity index (χ0v) is 12.2. The van der Waals surface area contributed by atoms with Crippen molar-refractivity contribution < 1.29 is 17.5 Å². The lowest BCUT2D eigenvalue weighted by Crippen LogP contribution is -2.13. The summed E-state index contributed by atoms with van der Waals surface area (Å²) in [7, 11) is -2.35. The van der Waals surface area contributed by atoms with Crippen molar-refractivity contribution in [1.29, 1.82) is 0 Å². The van der Waals surface area contributed by atoms with Gasteiger partial charge in [-0.05, 0) is 35.9 Å². The third-order valence-corrected chi connectivity index (χ3v) is 4.05. The molecule has 0 aliphatic rings. The summed E-state index contributed by atoms with van der Waals surface area (Å²) >= 11 is 0. The molecule has 0 radical (unpaired) electrons. The summed E-state index contributed by atoms with van der Waals surface area (Å²) in [6, 6.07) is 9.91. The number of sulfonamides is 1. The number of hydrogen-bond acceptors (Lipinski definition) is 4. The fraction of sp³-hybridized carbons (Fsp3) is 0.143. The van der Waals surface area contributed by atoms with E-state index in [1.54, 1.807) is 25.3 Å². The first-order valence-electron chi connectivity index (χ1n) is 6.07. The molecular weight excluding hydrogens is 295 g/mol. The molecule has 0 unspecified atom stereocenters. The maximum atomic E-state index is 13.3. The maximum Gasteiger partial charge on any atom is 0.262 e. The molecule has 0 aliphatic carbocycles. The maximum absolute atomic E-state index is 13.3. The molecule has 2 aromatic rings. The minimum atomic E-state index is -3.90. The Morgan fingerprint density at radius 3 is 2.67 bits per heavy atom. The van der Waals surface area contributed by atoms with Crippen LogP contribution in [0.15, 0.2) is 47.4 Å². The van der Waals surface area contributed by atoms with Crippen LogP contribution in [0.2, 0.25) is 0 Å². The van der Waals surface area contributed by atoms with Gasteiger partial charge in [0.1, 0.15) is 5.82 Å². The van der Waals surface area contributed by atoms with E-state index in [-0.39, 0.29) is 10.6 Å². The van der Waals surface area contributed by atoms with Crippen molar-refractivity contribution in [2.45, 2.75) is 11.5 Å². The van der Waals surface area contributed by atoms with Crippen LogP contribution in [0.1, 0.15) is 5.56 Å². The molecule has 2 aromatic carbocycles. The van der Waals surface area contributed by atoms with Crippen LogP contribution in [0.3, 0.4) is 0 Å². The molecule has 0 saturated carbocycles. The number of hydrogen-bond donors (Lipinski definition) is 2. The lowest BCUT2D eigenvalue weighted by atomic mass is 10.2. The zero-order valence-electron chi connectivity index (χ0n) is 11.3. The molecule has 112 valence electrons. The second-order valence-corrected chi connectivity index (χ2v) is 6.14. The van der Waals surface area contributed by atoms with E-state index in [1.165, 1.54) is 6.07 Å². The van der Waals surface area contributed by atoms with Crippen molar-refractivity contribution in [2.24, 2.45) is 0 Å².